The molecule has 1 aromatic carbocycles. The minimum atomic E-state index is -0.370. The lowest BCUT2D eigenvalue weighted by molar-refractivity contribution is -0.115. The number of halogens is 1. The number of amides is 1. The summed E-state index contributed by atoms with van der Waals surface area (Å²) in [4.78, 5) is 24.1. The number of nitrogens with one attached hydrogen (secondary N) is 1. The second kappa shape index (κ2) is 6.96. The molecule has 1 amide bonds. The average molecular weight is 388 g/mol. The molecule has 0 saturated heterocycles. The van der Waals surface area contributed by atoms with Crippen molar-refractivity contribution in [3.05, 3.63) is 46.3 Å². The molecule has 1 atom stereocenters. The maximum absolute atomic E-state index is 13.3. The van der Waals surface area contributed by atoms with Crippen molar-refractivity contribution < 1.29 is 9.18 Å². The molecule has 0 radical (unpaired) electrons. The van der Waals surface area contributed by atoms with E-state index < -0.39 is 0 Å². The monoisotopic (exact) mass is 387 g/mol. The number of rotatable bonds is 4. The van der Waals surface area contributed by atoms with Gasteiger partial charge in [0.05, 0.1) is 5.25 Å². The third kappa shape index (κ3) is 3.33. The van der Waals surface area contributed by atoms with Gasteiger partial charge in [-0.3, -0.25) is 4.79 Å². The molecule has 3 aromatic rings. The van der Waals surface area contributed by atoms with Crippen molar-refractivity contribution in [2.75, 3.05) is 5.32 Å². The molecule has 0 saturated carbocycles. The molecule has 2 aromatic heterocycles. The van der Waals surface area contributed by atoms with Crippen LogP contribution in [0.15, 0.2) is 29.3 Å². The molecule has 4 nitrogen and oxygen atoms in total. The quantitative estimate of drug-likeness (QED) is 0.519. The van der Waals surface area contributed by atoms with Gasteiger partial charge in [0.25, 0.3) is 0 Å². The Balaban J connectivity index is 1.59. The predicted molar refractivity (Wildman–Crippen MR) is 105 cm³/mol. The summed E-state index contributed by atoms with van der Waals surface area (Å²) in [6.07, 6.45) is 3.33. The fourth-order valence-corrected chi connectivity index (χ4v) is 5.58. The van der Waals surface area contributed by atoms with Crippen molar-refractivity contribution in [1.82, 2.24) is 9.97 Å². The number of carbonyl (C=O) groups is 1. The number of thioether (sulfide) groups is 1. The molecule has 0 spiro atoms. The van der Waals surface area contributed by atoms with Crippen LogP contribution in [-0.4, -0.2) is 21.1 Å². The van der Waals surface area contributed by atoms with Crippen LogP contribution in [-0.2, 0) is 17.6 Å². The van der Waals surface area contributed by atoms with Crippen LogP contribution in [0.3, 0.4) is 0 Å². The summed E-state index contributed by atoms with van der Waals surface area (Å²) in [6, 6.07) is 5.92. The van der Waals surface area contributed by atoms with Crippen LogP contribution >= 0.6 is 23.1 Å². The number of hydrogen-bond donors (Lipinski definition) is 1. The summed E-state index contributed by atoms with van der Waals surface area (Å²) in [5.74, 6) is 0.180. The third-order valence-electron chi connectivity index (χ3n) is 4.39. The SMILES string of the molecule is Cc1nc(S[C@@H](C)C(=O)Nc2cccc(F)c2)c2c3c(sc2n1)CCC3. The van der Waals surface area contributed by atoms with Crippen LogP contribution in [0, 0.1) is 12.7 Å². The van der Waals surface area contributed by atoms with Gasteiger partial charge in [0.2, 0.25) is 5.91 Å². The zero-order chi connectivity index (χ0) is 18.3. The summed E-state index contributed by atoms with van der Waals surface area (Å²) < 4.78 is 13.3. The van der Waals surface area contributed by atoms with E-state index in [2.05, 4.69) is 15.3 Å². The summed E-state index contributed by atoms with van der Waals surface area (Å²) in [5.41, 5.74) is 1.81. The Bertz CT molecular complexity index is 1000. The number of thiophene rings is 1. The Morgan fingerprint density at radius 3 is 3.00 bits per heavy atom. The van der Waals surface area contributed by atoms with E-state index in [1.54, 1.807) is 23.5 Å². The van der Waals surface area contributed by atoms with E-state index in [1.807, 2.05) is 13.8 Å². The Morgan fingerprint density at radius 1 is 1.35 bits per heavy atom. The first kappa shape index (κ1) is 17.4. The van der Waals surface area contributed by atoms with Crippen molar-refractivity contribution in [1.29, 1.82) is 0 Å². The highest BCUT2D eigenvalue weighted by atomic mass is 32.2. The summed E-state index contributed by atoms with van der Waals surface area (Å²) in [7, 11) is 0. The maximum Gasteiger partial charge on any atom is 0.237 e. The molecular weight excluding hydrogens is 369 g/mol. The van der Waals surface area contributed by atoms with Crippen LogP contribution in [0.2, 0.25) is 0 Å². The van der Waals surface area contributed by atoms with Gasteiger partial charge >= 0.3 is 0 Å². The largest absolute Gasteiger partial charge is 0.325 e. The number of aromatic nitrogens is 2. The zero-order valence-corrected chi connectivity index (χ0v) is 16.1. The molecule has 26 heavy (non-hydrogen) atoms. The molecule has 7 heteroatoms. The first-order chi connectivity index (χ1) is 12.5. The first-order valence-electron chi connectivity index (χ1n) is 8.53. The number of benzene rings is 1. The molecule has 0 bridgehead atoms. The van der Waals surface area contributed by atoms with Gasteiger partial charge in [0, 0.05) is 16.0 Å². The molecule has 4 rings (SSSR count). The minimum Gasteiger partial charge on any atom is -0.325 e. The molecule has 1 aliphatic carbocycles. The number of nitrogens with zero attached hydrogens (tertiary/aromatic N) is 2. The third-order valence-corrected chi connectivity index (χ3v) is 6.67. The fourth-order valence-electron chi connectivity index (χ4n) is 3.18. The fraction of sp³-hybridized carbons (Fsp3) is 0.316. The van der Waals surface area contributed by atoms with E-state index in [0.717, 1.165) is 33.9 Å². The van der Waals surface area contributed by atoms with E-state index in [9.17, 15) is 9.18 Å². The summed E-state index contributed by atoms with van der Waals surface area (Å²) in [5, 5.41) is 4.40. The predicted octanol–water partition coefficient (Wildman–Crippen LogP) is 4.75. The standard InChI is InChI=1S/C19H18FN3OS2/c1-10(17(24)23-13-6-3-5-12(20)9-13)25-18-16-14-7-4-8-15(14)26-19(16)22-11(2)21-18/h3,5-6,9-10H,4,7-8H2,1-2H3,(H,23,24)/t10-/m0/s1. The number of anilines is 1. The van der Waals surface area contributed by atoms with Crippen molar-refractivity contribution >= 4 is 44.9 Å². The average Bonchev–Trinajstić information content (AvgIpc) is 3.14. The number of fused-ring (bicyclic) bond motifs is 3. The minimum absolute atomic E-state index is 0.170. The van der Waals surface area contributed by atoms with Crippen molar-refractivity contribution in [3.63, 3.8) is 0 Å². The van der Waals surface area contributed by atoms with Gasteiger partial charge in [0.15, 0.2) is 0 Å². The zero-order valence-electron chi connectivity index (χ0n) is 14.5. The van der Waals surface area contributed by atoms with Crippen molar-refractivity contribution in [2.24, 2.45) is 0 Å². The van der Waals surface area contributed by atoms with Gasteiger partial charge < -0.3 is 5.32 Å². The Kier molecular flexibility index (Phi) is 4.67. The number of aryl methyl sites for hydroxylation is 3. The maximum atomic E-state index is 13.3. The van der Waals surface area contributed by atoms with Crippen LogP contribution in [0.5, 0.6) is 0 Å². The topological polar surface area (TPSA) is 54.9 Å². The second-order valence-electron chi connectivity index (χ2n) is 6.37. The van der Waals surface area contributed by atoms with Gasteiger partial charge in [0.1, 0.15) is 21.5 Å². The highest BCUT2D eigenvalue weighted by molar-refractivity contribution is 8.00. The normalized spacial score (nSPS) is 14.4. The van der Waals surface area contributed by atoms with Crippen molar-refractivity contribution in [2.45, 2.75) is 43.4 Å². The van der Waals surface area contributed by atoms with Gasteiger partial charge in [-0.25, -0.2) is 14.4 Å². The van der Waals surface area contributed by atoms with E-state index in [-0.39, 0.29) is 17.0 Å². The van der Waals surface area contributed by atoms with Gasteiger partial charge in [-0.2, -0.15) is 0 Å². The molecule has 0 aliphatic heterocycles. The summed E-state index contributed by atoms with van der Waals surface area (Å²) >= 11 is 3.19. The Morgan fingerprint density at radius 2 is 2.19 bits per heavy atom. The van der Waals surface area contributed by atoms with Gasteiger partial charge in [-0.1, -0.05) is 17.8 Å². The van der Waals surface area contributed by atoms with E-state index in [1.165, 1.54) is 40.8 Å². The molecular formula is C19H18FN3OS2. The highest BCUT2D eigenvalue weighted by Gasteiger charge is 2.24. The van der Waals surface area contributed by atoms with Crippen LogP contribution < -0.4 is 5.32 Å². The van der Waals surface area contributed by atoms with E-state index in [4.69, 9.17) is 0 Å². The Hall–Kier alpha value is -1.99. The molecule has 0 unspecified atom stereocenters. The molecule has 134 valence electrons. The number of hydrogen-bond acceptors (Lipinski definition) is 5. The van der Waals surface area contributed by atoms with Crippen LogP contribution in [0.4, 0.5) is 10.1 Å². The molecule has 0 fully saturated rings. The smallest absolute Gasteiger partial charge is 0.237 e. The highest BCUT2D eigenvalue weighted by Crippen LogP contribution is 2.41. The molecule has 1 N–H and O–H groups in total. The van der Waals surface area contributed by atoms with Crippen LogP contribution in [0.1, 0.15) is 29.6 Å². The Labute approximate surface area is 159 Å². The van der Waals surface area contributed by atoms with Crippen molar-refractivity contribution in [3.8, 4) is 0 Å². The van der Waals surface area contributed by atoms with E-state index in [0.29, 0.717) is 5.69 Å². The lowest BCUT2D eigenvalue weighted by atomic mass is 10.2. The molecule has 1 aliphatic rings. The lowest BCUT2D eigenvalue weighted by Crippen LogP contribution is -2.22. The van der Waals surface area contributed by atoms with Gasteiger partial charge in [-0.05, 0) is 56.9 Å². The first-order valence-corrected chi connectivity index (χ1v) is 10.2. The van der Waals surface area contributed by atoms with E-state index >= 15 is 0 Å². The molecule has 2 heterocycles. The number of carbonyl (C=O) groups excluding carboxylic acids is 1. The summed E-state index contributed by atoms with van der Waals surface area (Å²) in [6.45, 7) is 3.72. The lowest BCUT2D eigenvalue weighted by Gasteiger charge is -2.13. The second-order valence-corrected chi connectivity index (χ2v) is 8.79. The van der Waals surface area contributed by atoms with Gasteiger partial charge in [-0.15, -0.1) is 11.3 Å². The van der Waals surface area contributed by atoms with Crippen LogP contribution in [0.25, 0.3) is 10.2 Å².